The van der Waals surface area contributed by atoms with Crippen LogP contribution in [0.15, 0.2) is 48.5 Å². The van der Waals surface area contributed by atoms with Crippen molar-refractivity contribution >= 4 is 23.9 Å². The zero-order valence-electron chi connectivity index (χ0n) is 20.2. The number of carbonyl (C=O) groups is 3. The van der Waals surface area contributed by atoms with Gasteiger partial charge in [-0.05, 0) is 34.9 Å². The Morgan fingerprint density at radius 3 is 2.44 bits per heavy atom. The van der Waals surface area contributed by atoms with Gasteiger partial charge in [-0.1, -0.05) is 30.3 Å². The lowest BCUT2D eigenvalue weighted by Crippen LogP contribution is -2.35. The number of morpholine rings is 1. The van der Waals surface area contributed by atoms with E-state index >= 15 is 0 Å². The first kappa shape index (κ1) is 26.7. The number of amides is 2. The first-order valence-electron chi connectivity index (χ1n) is 11.5. The average Bonchev–Trinajstić information content (AvgIpc) is 2.89. The van der Waals surface area contributed by atoms with Crippen molar-refractivity contribution in [2.75, 3.05) is 46.6 Å². The molecule has 2 aromatic carbocycles. The lowest BCUT2D eigenvalue weighted by molar-refractivity contribution is -0.143. The zero-order chi connectivity index (χ0) is 25.8. The van der Waals surface area contributed by atoms with E-state index in [2.05, 4.69) is 10.2 Å². The van der Waals surface area contributed by atoms with Gasteiger partial charge in [0.15, 0.2) is 24.7 Å². The molecular weight excluding hydrogens is 466 g/mol. The van der Waals surface area contributed by atoms with Crippen LogP contribution in [0.2, 0.25) is 0 Å². The highest BCUT2D eigenvalue weighted by molar-refractivity contribution is 5.89. The van der Waals surface area contributed by atoms with Crippen LogP contribution in [0, 0.1) is 0 Å². The Morgan fingerprint density at radius 1 is 1.03 bits per heavy atom. The Balaban J connectivity index is 1.39. The molecule has 2 amide bonds. The van der Waals surface area contributed by atoms with Crippen LogP contribution in [-0.4, -0.2) is 69.3 Å². The molecule has 0 atom stereocenters. The molecule has 1 heterocycles. The molecule has 3 rings (SSSR count). The van der Waals surface area contributed by atoms with Crippen molar-refractivity contribution in [3.05, 3.63) is 65.2 Å². The summed E-state index contributed by atoms with van der Waals surface area (Å²) in [5, 5.41) is 2.74. The van der Waals surface area contributed by atoms with E-state index in [1.165, 1.54) is 24.8 Å². The molecular formula is C26H31N3O7. The Morgan fingerprint density at radius 2 is 1.75 bits per heavy atom. The van der Waals surface area contributed by atoms with Gasteiger partial charge in [0.1, 0.15) is 0 Å². The van der Waals surface area contributed by atoms with Crippen molar-refractivity contribution in [2.45, 2.75) is 13.1 Å². The highest BCUT2D eigenvalue weighted by Crippen LogP contribution is 2.28. The Hall–Kier alpha value is -3.89. The molecule has 3 N–H and O–H groups in total. The molecule has 1 aliphatic rings. The lowest BCUT2D eigenvalue weighted by Gasteiger charge is -2.26. The van der Waals surface area contributed by atoms with Gasteiger partial charge in [0.25, 0.3) is 11.8 Å². The number of hydrogen-bond acceptors (Lipinski definition) is 8. The monoisotopic (exact) mass is 497 g/mol. The van der Waals surface area contributed by atoms with E-state index < -0.39 is 17.8 Å². The molecule has 192 valence electrons. The van der Waals surface area contributed by atoms with Crippen LogP contribution in [0.1, 0.15) is 16.7 Å². The number of nitrogens with two attached hydrogens (primary N) is 1. The number of nitrogens with one attached hydrogen (secondary N) is 1. The van der Waals surface area contributed by atoms with Crippen LogP contribution in [0.4, 0.5) is 0 Å². The Kier molecular flexibility index (Phi) is 10.3. The number of primary amides is 1. The number of benzene rings is 2. The standard InChI is InChI=1S/C26H31N3O7/c1-33-23-14-19(6-8-22(23)35-17-24(27)30)7-9-26(32)36-18-25(31)28-15-20-2-4-21(5-3-20)16-29-10-12-34-13-11-29/h2-9,14H,10-13,15-18H2,1H3,(H2,27,30)(H,28,31)/b9-7+. The summed E-state index contributed by atoms with van der Waals surface area (Å²) in [5.74, 6) is -0.942. The fourth-order valence-corrected chi connectivity index (χ4v) is 3.44. The smallest absolute Gasteiger partial charge is 0.331 e. The van der Waals surface area contributed by atoms with Crippen LogP contribution >= 0.6 is 0 Å². The normalized spacial score (nSPS) is 13.8. The summed E-state index contributed by atoms with van der Waals surface area (Å²) in [4.78, 5) is 37.3. The van der Waals surface area contributed by atoms with E-state index in [0.29, 0.717) is 23.6 Å². The summed E-state index contributed by atoms with van der Waals surface area (Å²) in [5.41, 5.74) is 7.87. The molecule has 0 saturated carbocycles. The molecule has 10 nitrogen and oxygen atoms in total. The fourth-order valence-electron chi connectivity index (χ4n) is 3.44. The van der Waals surface area contributed by atoms with Gasteiger partial charge < -0.3 is 30.0 Å². The van der Waals surface area contributed by atoms with Crippen LogP contribution in [0.3, 0.4) is 0 Å². The molecule has 0 unspecified atom stereocenters. The summed E-state index contributed by atoms with van der Waals surface area (Å²) in [7, 11) is 1.45. The molecule has 0 radical (unpaired) electrons. The van der Waals surface area contributed by atoms with Crippen LogP contribution in [0.25, 0.3) is 6.08 Å². The van der Waals surface area contributed by atoms with Crippen molar-refractivity contribution < 1.29 is 33.3 Å². The zero-order valence-corrected chi connectivity index (χ0v) is 20.2. The number of carbonyl (C=O) groups excluding carboxylic acids is 3. The van der Waals surface area contributed by atoms with Crippen molar-refractivity contribution in [3.63, 3.8) is 0 Å². The summed E-state index contributed by atoms with van der Waals surface area (Å²) in [6.07, 6.45) is 2.72. The number of hydrogen-bond donors (Lipinski definition) is 2. The lowest BCUT2D eigenvalue weighted by atomic mass is 10.1. The molecule has 1 saturated heterocycles. The van der Waals surface area contributed by atoms with Crippen LogP contribution < -0.4 is 20.5 Å². The maximum Gasteiger partial charge on any atom is 0.331 e. The second-order valence-electron chi connectivity index (χ2n) is 8.09. The van der Waals surface area contributed by atoms with Gasteiger partial charge in [0.2, 0.25) is 0 Å². The van der Waals surface area contributed by atoms with Crippen molar-refractivity contribution in [1.29, 1.82) is 0 Å². The molecule has 0 bridgehead atoms. The largest absolute Gasteiger partial charge is 0.493 e. The minimum absolute atomic E-state index is 0.278. The number of methoxy groups -OCH3 is 1. The Labute approximate surface area is 209 Å². The molecule has 1 fully saturated rings. The molecule has 0 aromatic heterocycles. The maximum atomic E-state index is 12.1. The molecule has 0 aliphatic carbocycles. The van der Waals surface area contributed by atoms with Crippen molar-refractivity contribution in [1.82, 2.24) is 10.2 Å². The minimum atomic E-state index is -0.661. The van der Waals surface area contributed by atoms with E-state index in [4.69, 9.17) is 24.7 Å². The predicted molar refractivity (Wildman–Crippen MR) is 132 cm³/mol. The minimum Gasteiger partial charge on any atom is -0.493 e. The predicted octanol–water partition coefficient (Wildman–Crippen LogP) is 1.26. The average molecular weight is 498 g/mol. The Bertz CT molecular complexity index is 1060. The maximum absolute atomic E-state index is 12.1. The summed E-state index contributed by atoms with van der Waals surface area (Å²) in [6.45, 7) is 3.94. The SMILES string of the molecule is COc1cc(/C=C/C(=O)OCC(=O)NCc2ccc(CN3CCOCC3)cc2)ccc1OCC(N)=O. The van der Waals surface area contributed by atoms with Crippen LogP contribution in [0.5, 0.6) is 11.5 Å². The van der Waals surface area contributed by atoms with Gasteiger partial charge >= 0.3 is 5.97 Å². The first-order valence-corrected chi connectivity index (χ1v) is 11.5. The number of ether oxygens (including phenoxy) is 4. The van der Waals surface area contributed by atoms with E-state index in [1.807, 2.05) is 24.3 Å². The van der Waals surface area contributed by atoms with Gasteiger partial charge in [-0.15, -0.1) is 0 Å². The van der Waals surface area contributed by atoms with E-state index in [9.17, 15) is 14.4 Å². The highest BCUT2D eigenvalue weighted by atomic mass is 16.5. The number of rotatable bonds is 12. The number of nitrogens with zero attached hydrogens (tertiary/aromatic N) is 1. The van der Waals surface area contributed by atoms with Crippen molar-refractivity contribution in [2.24, 2.45) is 5.73 Å². The topological polar surface area (TPSA) is 129 Å². The molecule has 10 heteroatoms. The van der Waals surface area contributed by atoms with Crippen molar-refractivity contribution in [3.8, 4) is 11.5 Å². The first-order chi connectivity index (χ1) is 17.4. The fraction of sp³-hybridized carbons (Fsp3) is 0.346. The second kappa shape index (κ2) is 13.9. The summed E-state index contributed by atoms with van der Waals surface area (Å²) in [6, 6.07) is 12.9. The van der Waals surface area contributed by atoms with E-state index in [1.54, 1.807) is 18.2 Å². The van der Waals surface area contributed by atoms with Gasteiger partial charge in [0, 0.05) is 32.3 Å². The quantitative estimate of drug-likeness (QED) is 0.331. The summed E-state index contributed by atoms with van der Waals surface area (Å²) < 4.78 is 20.9. The third kappa shape index (κ3) is 9.05. The molecule has 0 spiro atoms. The summed E-state index contributed by atoms with van der Waals surface area (Å²) >= 11 is 0. The highest BCUT2D eigenvalue weighted by Gasteiger charge is 2.11. The molecule has 1 aliphatic heterocycles. The van der Waals surface area contributed by atoms with E-state index in [0.717, 1.165) is 38.4 Å². The van der Waals surface area contributed by atoms with Gasteiger partial charge in [-0.3, -0.25) is 14.5 Å². The second-order valence-corrected chi connectivity index (χ2v) is 8.09. The number of esters is 1. The molecule has 36 heavy (non-hydrogen) atoms. The van der Waals surface area contributed by atoms with Gasteiger partial charge in [0.05, 0.1) is 20.3 Å². The van der Waals surface area contributed by atoms with Gasteiger partial charge in [-0.2, -0.15) is 0 Å². The molecule has 2 aromatic rings. The van der Waals surface area contributed by atoms with Crippen LogP contribution in [-0.2, 0) is 36.9 Å². The van der Waals surface area contributed by atoms with E-state index in [-0.39, 0.29) is 13.2 Å². The third-order valence-corrected chi connectivity index (χ3v) is 5.34. The third-order valence-electron chi connectivity index (χ3n) is 5.34. The van der Waals surface area contributed by atoms with Gasteiger partial charge in [-0.25, -0.2) is 4.79 Å².